The van der Waals surface area contributed by atoms with Crippen LogP contribution in [-0.4, -0.2) is 4.57 Å². The molecule has 0 aliphatic carbocycles. The molecule has 2 heteroatoms. The minimum atomic E-state index is 0.804. The molecule has 0 bridgehead atoms. The summed E-state index contributed by atoms with van der Waals surface area (Å²) in [6.45, 7) is 0. The Hall–Kier alpha value is -4.04. The van der Waals surface area contributed by atoms with E-state index in [-0.39, 0.29) is 0 Å². The predicted molar refractivity (Wildman–Crippen MR) is 128 cm³/mol. The van der Waals surface area contributed by atoms with Gasteiger partial charge in [0.15, 0.2) is 0 Å². The zero-order valence-electron chi connectivity index (χ0n) is 16.4. The van der Waals surface area contributed by atoms with Gasteiger partial charge < -0.3 is 10.3 Å². The molecule has 2 nitrogen and oxygen atoms in total. The maximum atomic E-state index is 6.39. The van der Waals surface area contributed by atoms with Crippen LogP contribution in [0.4, 0.5) is 5.69 Å². The fourth-order valence-corrected chi connectivity index (χ4v) is 4.59. The molecule has 2 N–H and O–H groups in total. The summed E-state index contributed by atoms with van der Waals surface area (Å²) in [5, 5.41) is 4.93. The van der Waals surface area contributed by atoms with E-state index < -0.39 is 0 Å². The first-order chi connectivity index (χ1) is 14.8. The molecular formula is C28H20N2. The number of rotatable bonds is 2. The number of fused-ring (bicyclic) bond motifs is 4. The van der Waals surface area contributed by atoms with Crippen molar-refractivity contribution < 1.29 is 0 Å². The van der Waals surface area contributed by atoms with Crippen LogP contribution in [0, 0.1) is 0 Å². The summed E-state index contributed by atoms with van der Waals surface area (Å²) < 4.78 is 2.33. The Morgan fingerprint density at radius 1 is 0.500 bits per heavy atom. The van der Waals surface area contributed by atoms with Crippen LogP contribution < -0.4 is 5.73 Å². The SMILES string of the molecule is Nc1ccc2ccccc2c1-c1ccc(-n2c3ccccc3c3ccccc32)cc1. The molecule has 0 spiro atoms. The van der Waals surface area contributed by atoms with E-state index in [2.05, 4.69) is 108 Å². The average molecular weight is 384 g/mol. The molecule has 0 saturated heterocycles. The number of nitrogens with two attached hydrogens (primary N) is 1. The van der Waals surface area contributed by atoms with Crippen LogP contribution in [-0.2, 0) is 0 Å². The van der Waals surface area contributed by atoms with Gasteiger partial charge in [0.2, 0.25) is 0 Å². The molecule has 0 fully saturated rings. The number of para-hydroxylation sites is 2. The van der Waals surface area contributed by atoms with Crippen LogP contribution in [0.2, 0.25) is 0 Å². The second kappa shape index (κ2) is 6.50. The molecular weight excluding hydrogens is 364 g/mol. The van der Waals surface area contributed by atoms with E-state index in [9.17, 15) is 0 Å². The molecule has 1 heterocycles. The Bertz CT molecular complexity index is 1490. The number of nitrogen functional groups attached to an aromatic ring is 1. The zero-order chi connectivity index (χ0) is 20.1. The molecule has 0 aliphatic rings. The molecule has 0 aliphatic heterocycles. The Morgan fingerprint density at radius 2 is 1.07 bits per heavy atom. The Morgan fingerprint density at radius 3 is 1.73 bits per heavy atom. The summed E-state index contributed by atoms with van der Waals surface area (Å²) in [5.74, 6) is 0. The van der Waals surface area contributed by atoms with Crippen molar-refractivity contribution in [2.75, 3.05) is 5.73 Å². The van der Waals surface area contributed by atoms with Gasteiger partial charge in [0, 0.05) is 27.7 Å². The van der Waals surface area contributed by atoms with E-state index in [1.165, 1.54) is 32.6 Å². The summed E-state index contributed by atoms with van der Waals surface area (Å²) in [4.78, 5) is 0. The number of hydrogen-bond acceptors (Lipinski definition) is 1. The van der Waals surface area contributed by atoms with Crippen molar-refractivity contribution >= 4 is 38.3 Å². The van der Waals surface area contributed by atoms with Gasteiger partial charge in [-0.3, -0.25) is 0 Å². The highest BCUT2D eigenvalue weighted by Crippen LogP contribution is 2.36. The normalized spacial score (nSPS) is 11.5. The molecule has 5 aromatic carbocycles. The van der Waals surface area contributed by atoms with E-state index in [1.807, 2.05) is 6.07 Å². The van der Waals surface area contributed by atoms with Gasteiger partial charge in [0.25, 0.3) is 0 Å². The zero-order valence-corrected chi connectivity index (χ0v) is 16.4. The van der Waals surface area contributed by atoms with E-state index in [0.717, 1.165) is 22.5 Å². The standard InChI is InChI=1S/C28H20N2/c29-25-18-15-19-7-1-2-8-22(19)28(25)20-13-16-21(17-14-20)30-26-11-5-3-9-23(26)24-10-4-6-12-27(24)30/h1-18H,29H2. The number of nitrogens with zero attached hydrogens (tertiary/aromatic N) is 1. The van der Waals surface area contributed by atoms with Crippen molar-refractivity contribution in [1.29, 1.82) is 0 Å². The topological polar surface area (TPSA) is 30.9 Å². The van der Waals surface area contributed by atoms with E-state index in [4.69, 9.17) is 5.73 Å². The number of benzene rings is 5. The maximum absolute atomic E-state index is 6.39. The Kier molecular flexibility index (Phi) is 3.65. The smallest absolute Gasteiger partial charge is 0.0541 e. The first-order valence-corrected chi connectivity index (χ1v) is 10.2. The number of hydrogen-bond donors (Lipinski definition) is 1. The van der Waals surface area contributed by atoms with Gasteiger partial charge >= 0.3 is 0 Å². The summed E-state index contributed by atoms with van der Waals surface area (Å²) in [7, 11) is 0. The molecule has 30 heavy (non-hydrogen) atoms. The summed E-state index contributed by atoms with van der Waals surface area (Å²) in [6.07, 6.45) is 0. The van der Waals surface area contributed by atoms with E-state index in [0.29, 0.717) is 0 Å². The van der Waals surface area contributed by atoms with Gasteiger partial charge in [-0.1, -0.05) is 78.9 Å². The molecule has 0 atom stereocenters. The molecule has 0 saturated carbocycles. The lowest BCUT2D eigenvalue weighted by atomic mass is 9.96. The van der Waals surface area contributed by atoms with Gasteiger partial charge in [-0.05, 0) is 46.7 Å². The van der Waals surface area contributed by atoms with Crippen molar-refractivity contribution in [3.63, 3.8) is 0 Å². The van der Waals surface area contributed by atoms with E-state index >= 15 is 0 Å². The predicted octanol–water partition coefficient (Wildman–Crippen LogP) is 7.19. The molecule has 1 aromatic heterocycles. The van der Waals surface area contributed by atoms with Crippen molar-refractivity contribution in [2.45, 2.75) is 0 Å². The van der Waals surface area contributed by atoms with Gasteiger partial charge in [-0.15, -0.1) is 0 Å². The van der Waals surface area contributed by atoms with Crippen molar-refractivity contribution in [2.24, 2.45) is 0 Å². The molecule has 142 valence electrons. The first kappa shape index (κ1) is 16.9. The van der Waals surface area contributed by atoms with Crippen LogP contribution in [0.25, 0.3) is 49.4 Å². The third kappa shape index (κ3) is 2.44. The molecule has 0 unspecified atom stereocenters. The van der Waals surface area contributed by atoms with Crippen LogP contribution in [0.3, 0.4) is 0 Å². The van der Waals surface area contributed by atoms with Crippen LogP contribution >= 0.6 is 0 Å². The summed E-state index contributed by atoms with van der Waals surface area (Å²) >= 11 is 0. The molecule has 6 aromatic rings. The Balaban J connectivity index is 1.56. The lowest BCUT2D eigenvalue weighted by Gasteiger charge is -2.12. The van der Waals surface area contributed by atoms with Crippen LogP contribution in [0.1, 0.15) is 0 Å². The highest BCUT2D eigenvalue weighted by atomic mass is 15.0. The third-order valence-corrected chi connectivity index (χ3v) is 5.96. The fraction of sp³-hybridized carbons (Fsp3) is 0. The first-order valence-electron chi connectivity index (χ1n) is 10.2. The minimum absolute atomic E-state index is 0.804. The highest BCUT2D eigenvalue weighted by Gasteiger charge is 2.12. The van der Waals surface area contributed by atoms with Crippen LogP contribution in [0.15, 0.2) is 109 Å². The van der Waals surface area contributed by atoms with Gasteiger partial charge in [0.05, 0.1) is 11.0 Å². The fourth-order valence-electron chi connectivity index (χ4n) is 4.59. The second-order valence-corrected chi connectivity index (χ2v) is 7.67. The quantitative estimate of drug-likeness (QED) is 0.315. The number of anilines is 1. The van der Waals surface area contributed by atoms with Gasteiger partial charge in [-0.25, -0.2) is 0 Å². The number of aromatic nitrogens is 1. The Labute approximate surface area is 174 Å². The molecule has 6 rings (SSSR count). The summed E-state index contributed by atoms with van der Waals surface area (Å²) in [6, 6.07) is 38.4. The lowest BCUT2D eigenvalue weighted by molar-refractivity contribution is 1.18. The molecule has 0 radical (unpaired) electrons. The average Bonchev–Trinajstić information content (AvgIpc) is 3.14. The lowest BCUT2D eigenvalue weighted by Crippen LogP contribution is -1.95. The van der Waals surface area contributed by atoms with Gasteiger partial charge in [0.1, 0.15) is 0 Å². The van der Waals surface area contributed by atoms with Crippen LogP contribution in [0.5, 0.6) is 0 Å². The largest absolute Gasteiger partial charge is 0.398 e. The van der Waals surface area contributed by atoms with Crippen molar-refractivity contribution in [1.82, 2.24) is 4.57 Å². The summed E-state index contributed by atoms with van der Waals surface area (Å²) in [5.41, 5.74) is 13.0. The van der Waals surface area contributed by atoms with Crippen molar-refractivity contribution in [3.05, 3.63) is 109 Å². The third-order valence-electron chi connectivity index (χ3n) is 5.96. The van der Waals surface area contributed by atoms with Gasteiger partial charge in [-0.2, -0.15) is 0 Å². The van der Waals surface area contributed by atoms with Crippen molar-refractivity contribution in [3.8, 4) is 16.8 Å². The minimum Gasteiger partial charge on any atom is -0.398 e. The maximum Gasteiger partial charge on any atom is 0.0541 e. The highest BCUT2D eigenvalue weighted by molar-refractivity contribution is 6.09. The monoisotopic (exact) mass is 384 g/mol. The molecule has 0 amide bonds. The second-order valence-electron chi connectivity index (χ2n) is 7.67. The van der Waals surface area contributed by atoms with E-state index in [1.54, 1.807) is 0 Å².